The van der Waals surface area contributed by atoms with Crippen molar-refractivity contribution in [1.82, 2.24) is 0 Å². The number of hydrogen-bond acceptors (Lipinski definition) is 5. The van der Waals surface area contributed by atoms with Gasteiger partial charge in [-0.1, -0.05) is 23.7 Å². The van der Waals surface area contributed by atoms with Gasteiger partial charge >= 0.3 is 0 Å². The molecule has 0 saturated heterocycles. The van der Waals surface area contributed by atoms with Crippen molar-refractivity contribution in [1.29, 1.82) is 0 Å². The van der Waals surface area contributed by atoms with Crippen LogP contribution in [0.4, 0.5) is 17.1 Å². The molecule has 0 unspecified atom stereocenters. The smallest absolute Gasteiger partial charge is 0.279 e. The summed E-state index contributed by atoms with van der Waals surface area (Å²) in [5.74, 6) is -0.732. The maximum Gasteiger partial charge on any atom is 0.279 e. The van der Waals surface area contributed by atoms with Crippen LogP contribution in [0.2, 0.25) is 5.02 Å². The minimum Gasteiger partial charge on any atom is -0.321 e. The van der Waals surface area contributed by atoms with Crippen LogP contribution in [0.3, 0.4) is 0 Å². The fourth-order valence-corrected chi connectivity index (χ4v) is 2.13. The minimum absolute atomic E-state index is 0.116. The lowest BCUT2D eigenvalue weighted by molar-refractivity contribution is -0.395. The highest BCUT2D eigenvalue weighted by molar-refractivity contribution is 6.33. The average Bonchev–Trinajstić information content (AvgIpc) is 2.49. The molecule has 23 heavy (non-hydrogen) atoms. The summed E-state index contributed by atoms with van der Waals surface area (Å²) < 4.78 is 0. The quantitative estimate of drug-likeness (QED) is 0.675. The second-order valence-electron chi connectivity index (χ2n) is 4.59. The number of hydrogen-bond donors (Lipinski definition) is 1. The molecule has 0 bridgehead atoms. The van der Waals surface area contributed by atoms with Crippen molar-refractivity contribution in [2.24, 2.45) is 0 Å². The molecule has 0 aliphatic carbocycles. The molecule has 0 atom stereocenters. The highest BCUT2D eigenvalue weighted by Crippen LogP contribution is 2.30. The Morgan fingerprint density at radius 3 is 2.09 bits per heavy atom. The van der Waals surface area contributed by atoms with E-state index in [2.05, 4.69) is 5.32 Å². The fourth-order valence-electron chi connectivity index (χ4n) is 1.95. The predicted octanol–water partition coefficient (Wildman–Crippen LogP) is 3.72. The molecule has 1 N–H and O–H groups in total. The van der Waals surface area contributed by atoms with Crippen molar-refractivity contribution in [3.05, 3.63) is 72.8 Å². The first-order valence-corrected chi connectivity index (χ1v) is 6.68. The first kappa shape index (κ1) is 16.4. The summed E-state index contributed by atoms with van der Waals surface area (Å²) in [6, 6.07) is 8.39. The Bertz CT molecular complexity index is 787. The van der Waals surface area contributed by atoms with Gasteiger partial charge in [-0.3, -0.25) is 25.0 Å². The van der Waals surface area contributed by atoms with Crippen LogP contribution in [-0.4, -0.2) is 15.8 Å². The van der Waals surface area contributed by atoms with Gasteiger partial charge in [0.2, 0.25) is 0 Å². The van der Waals surface area contributed by atoms with E-state index in [0.29, 0.717) is 5.69 Å². The highest BCUT2D eigenvalue weighted by Gasteiger charge is 2.25. The fraction of sp³-hybridized carbons (Fsp3) is 0.0714. The van der Waals surface area contributed by atoms with Gasteiger partial charge in [-0.15, -0.1) is 0 Å². The van der Waals surface area contributed by atoms with Gasteiger partial charge in [-0.2, -0.15) is 0 Å². The van der Waals surface area contributed by atoms with Gasteiger partial charge in [0.15, 0.2) is 0 Å². The van der Waals surface area contributed by atoms with Gasteiger partial charge in [0, 0.05) is 12.1 Å². The molecule has 8 nitrogen and oxygen atoms in total. The molecule has 2 rings (SSSR count). The van der Waals surface area contributed by atoms with E-state index in [9.17, 15) is 25.0 Å². The zero-order chi connectivity index (χ0) is 17.1. The Balaban J connectivity index is 2.46. The van der Waals surface area contributed by atoms with Gasteiger partial charge in [0.05, 0.1) is 26.1 Å². The Morgan fingerprint density at radius 1 is 1.09 bits per heavy atom. The van der Waals surface area contributed by atoms with E-state index in [-0.39, 0.29) is 16.1 Å². The monoisotopic (exact) mass is 335 g/mol. The lowest BCUT2D eigenvalue weighted by Gasteiger charge is -2.08. The predicted molar refractivity (Wildman–Crippen MR) is 83.9 cm³/mol. The number of amides is 1. The van der Waals surface area contributed by atoms with Gasteiger partial charge in [0.25, 0.3) is 17.3 Å². The summed E-state index contributed by atoms with van der Waals surface area (Å²) >= 11 is 5.91. The molecule has 0 radical (unpaired) electrons. The molecule has 0 heterocycles. The summed E-state index contributed by atoms with van der Waals surface area (Å²) in [5.41, 5.74) is -1.01. The summed E-state index contributed by atoms with van der Waals surface area (Å²) in [7, 11) is 0. The van der Waals surface area contributed by atoms with Crippen molar-refractivity contribution in [3.8, 4) is 0 Å². The number of nitro benzene ring substituents is 2. The number of carbonyl (C=O) groups is 1. The van der Waals surface area contributed by atoms with Crippen LogP contribution in [0.25, 0.3) is 0 Å². The molecule has 0 aromatic heterocycles. The van der Waals surface area contributed by atoms with E-state index >= 15 is 0 Å². The van der Waals surface area contributed by atoms with Crippen LogP contribution in [-0.2, 0) is 0 Å². The molecular weight excluding hydrogens is 326 g/mol. The number of carbonyl (C=O) groups excluding carboxylic acids is 1. The van der Waals surface area contributed by atoms with E-state index in [4.69, 9.17) is 11.6 Å². The number of rotatable bonds is 4. The van der Waals surface area contributed by atoms with E-state index in [1.54, 1.807) is 18.2 Å². The Labute approximate surface area is 135 Å². The molecule has 0 aliphatic rings. The van der Waals surface area contributed by atoms with Crippen LogP contribution in [0.5, 0.6) is 0 Å². The molecule has 118 valence electrons. The normalized spacial score (nSPS) is 10.2. The third-order valence-electron chi connectivity index (χ3n) is 3.13. The molecule has 0 saturated carbocycles. The summed E-state index contributed by atoms with van der Waals surface area (Å²) in [4.78, 5) is 32.7. The highest BCUT2D eigenvalue weighted by atomic mass is 35.5. The zero-order valence-electron chi connectivity index (χ0n) is 11.8. The second-order valence-corrected chi connectivity index (χ2v) is 4.99. The number of anilines is 1. The third kappa shape index (κ3) is 3.43. The molecular formula is C14H10ClN3O5. The van der Waals surface area contributed by atoms with E-state index in [0.717, 1.165) is 12.1 Å². The molecule has 2 aromatic carbocycles. The molecule has 1 amide bonds. The lowest BCUT2D eigenvalue weighted by atomic mass is 10.1. The van der Waals surface area contributed by atoms with E-state index in [1.807, 2.05) is 0 Å². The number of nitro groups is 2. The third-order valence-corrected chi connectivity index (χ3v) is 3.46. The zero-order valence-corrected chi connectivity index (χ0v) is 12.5. The first-order valence-electron chi connectivity index (χ1n) is 6.30. The number of nitrogens with one attached hydrogen (secondary N) is 1. The van der Waals surface area contributed by atoms with Crippen LogP contribution in [0, 0.1) is 27.2 Å². The topological polar surface area (TPSA) is 115 Å². The maximum absolute atomic E-state index is 12.2. The van der Waals surface area contributed by atoms with Crippen LogP contribution in [0.15, 0.2) is 36.4 Å². The average molecular weight is 336 g/mol. The van der Waals surface area contributed by atoms with Crippen molar-refractivity contribution in [3.63, 3.8) is 0 Å². The van der Waals surface area contributed by atoms with Crippen molar-refractivity contribution in [2.45, 2.75) is 6.92 Å². The SMILES string of the molecule is Cc1c([N+](=O)[O-])cc(C(=O)Nc2ccccc2Cl)cc1[N+](=O)[O-]. The lowest BCUT2D eigenvalue weighted by Crippen LogP contribution is -2.13. The molecule has 0 fully saturated rings. The maximum atomic E-state index is 12.2. The van der Waals surface area contributed by atoms with Crippen molar-refractivity contribution >= 4 is 34.6 Å². The molecule has 9 heteroatoms. The van der Waals surface area contributed by atoms with Crippen LogP contribution < -0.4 is 5.32 Å². The second kappa shape index (κ2) is 6.41. The first-order chi connectivity index (χ1) is 10.8. The van der Waals surface area contributed by atoms with Gasteiger partial charge in [0.1, 0.15) is 5.56 Å². The van der Waals surface area contributed by atoms with Gasteiger partial charge in [-0.25, -0.2) is 0 Å². The standard InChI is InChI=1S/C14H10ClN3O5/c1-8-12(17(20)21)6-9(7-13(8)18(22)23)14(19)16-11-5-3-2-4-10(11)15/h2-7H,1H3,(H,16,19). The summed E-state index contributed by atoms with van der Waals surface area (Å²) in [5, 5.41) is 24.8. The van der Waals surface area contributed by atoms with Crippen molar-refractivity contribution < 1.29 is 14.6 Å². The molecule has 0 spiro atoms. The summed E-state index contributed by atoms with van der Waals surface area (Å²) in [6.45, 7) is 1.26. The van der Waals surface area contributed by atoms with E-state index < -0.39 is 27.1 Å². The van der Waals surface area contributed by atoms with Crippen molar-refractivity contribution in [2.75, 3.05) is 5.32 Å². The number of nitrogens with zero attached hydrogens (tertiary/aromatic N) is 2. The van der Waals surface area contributed by atoms with Gasteiger partial charge < -0.3 is 5.32 Å². The minimum atomic E-state index is -0.769. The van der Waals surface area contributed by atoms with Crippen LogP contribution in [0.1, 0.15) is 15.9 Å². The number of para-hydroxylation sites is 1. The number of benzene rings is 2. The number of halogens is 1. The Morgan fingerprint density at radius 2 is 1.61 bits per heavy atom. The molecule has 0 aliphatic heterocycles. The Hall–Kier alpha value is -3.00. The van der Waals surface area contributed by atoms with E-state index in [1.165, 1.54) is 13.0 Å². The summed E-state index contributed by atoms with van der Waals surface area (Å²) in [6.07, 6.45) is 0. The van der Waals surface area contributed by atoms with Gasteiger partial charge in [-0.05, 0) is 19.1 Å². The Kier molecular flexibility index (Phi) is 4.56. The largest absolute Gasteiger partial charge is 0.321 e. The molecule has 2 aromatic rings. The van der Waals surface area contributed by atoms with Crippen LogP contribution >= 0.6 is 11.6 Å².